The third-order valence-corrected chi connectivity index (χ3v) is 8.58. The van der Waals surface area contributed by atoms with Crippen molar-refractivity contribution in [2.24, 2.45) is 23.2 Å². The number of hydrogen-bond acceptors (Lipinski definition) is 4. The number of aliphatic hydroxyl groups excluding tert-OH is 1. The largest absolute Gasteiger partial charge is 0.508 e. The third kappa shape index (κ3) is 3.17. The fourth-order valence-corrected chi connectivity index (χ4v) is 6.99. The summed E-state index contributed by atoms with van der Waals surface area (Å²) in [6.07, 6.45) is 6.48. The Balaban J connectivity index is 1.33. The number of ether oxygens (including phenoxy) is 1. The van der Waals surface area contributed by atoms with Crippen molar-refractivity contribution in [2.75, 3.05) is 13.2 Å². The van der Waals surface area contributed by atoms with E-state index in [0.29, 0.717) is 30.0 Å². The maximum Gasteiger partial charge on any atom is 0.225 e. The molecule has 1 aliphatic heterocycles. The molecule has 1 aromatic carbocycles. The van der Waals surface area contributed by atoms with E-state index in [1.807, 2.05) is 6.07 Å². The smallest absolute Gasteiger partial charge is 0.225 e. The molecule has 7 atom stereocenters. The Morgan fingerprint density at radius 2 is 2.17 bits per heavy atom. The molecule has 1 saturated heterocycles. The first-order valence-corrected chi connectivity index (χ1v) is 11.4. The van der Waals surface area contributed by atoms with Crippen LogP contribution in [0.1, 0.15) is 62.5 Å². The second-order valence-corrected chi connectivity index (χ2v) is 10.0. The van der Waals surface area contributed by atoms with E-state index in [2.05, 4.69) is 18.3 Å². The van der Waals surface area contributed by atoms with Crippen molar-refractivity contribution in [1.29, 1.82) is 0 Å². The molecule has 1 heterocycles. The summed E-state index contributed by atoms with van der Waals surface area (Å²) in [5.74, 6) is 1.40. The van der Waals surface area contributed by atoms with Gasteiger partial charge in [0.25, 0.3) is 0 Å². The van der Waals surface area contributed by atoms with E-state index >= 15 is 0 Å². The fourth-order valence-electron chi connectivity index (χ4n) is 6.99. The Bertz CT molecular complexity index is 789. The zero-order valence-electron chi connectivity index (χ0n) is 17.3. The summed E-state index contributed by atoms with van der Waals surface area (Å²) in [7, 11) is 0. The van der Waals surface area contributed by atoms with Crippen molar-refractivity contribution < 1.29 is 19.7 Å². The topological polar surface area (TPSA) is 78.8 Å². The summed E-state index contributed by atoms with van der Waals surface area (Å²) in [6, 6.07) is 5.82. The molecular formula is C24H33NO4. The second-order valence-electron chi connectivity index (χ2n) is 10.0. The number of nitrogens with one attached hydrogen (secondary N) is 1. The Morgan fingerprint density at radius 3 is 2.97 bits per heavy atom. The summed E-state index contributed by atoms with van der Waals surface area (Å²) < 4.78 is 5.62. The van der Waals surface area contributed by atoms with Gasteiger partial charge in [-0.25, -0.2) is 0 Å². The molecule has 5 heteroatoms. The molecule has 158 valence electrons. The number of phenolic OH excluding ortho intramolecular Hbond substituents is 1. The number of carbonyl (C=O) groups is 1. The van der Waals surface area contributed by atoms with E-state index in [1.165, 1.54) is 11.1 Å². The lowest BCUT2D eigenvalue weighted by atomic mass is 9.55. The molecule has 0 aromatic heterocycles. The van der Waals surface area contributed by atoms with E-state index < -0.39 is 6.10 Å². The summed E-state index contributed by atoms with van der Waals surface area (Å²) in [5.41, 5.74) is 2.47. The minimum Gasteiger partial charge on any atom is -0.508 e. The van der Waals surface area contributed by atoms with Crippen LogP contribution in [0.15, 0.2) is 18.2 Å². The Kier molecular flexibility index (Phi) is 4.86. The summed E-state index contributed by atoms with van der Waals surface area (Å²) >= 11 is 0. The second kappa shape index (κ2) is 7.28. The number of aliphatic hydroxyl groups is 1. The Hall–Kier alpha value is -1.59. The van der Waals surface area contributed by atoms with Crippen LogP contribution in [0, 0.1) is 23.2 Å². The zero-order chi connectivity index (χ0) is 20.2. The highest BCUT2D eigenvalue weighted by atomic mass is 16.5. The van der Waals surface area contributed by atoms with E-state index in [4.69, 9.17) is 4.74 Å². The van der Waals surface area contributed by atoms with Gasteiger partial charge in [0.2, 0.25) is 5.91 Å². The number of benzene rings is 1. The Labute approximate surface area is 172 Å². The van der Waals surface area contributed by atoms with E-state index in [1.54, 1.807) is 6.07 Å². The lowest BCUT2D eigenvalue weighted by Crippen LogP contribution is -2.46. The van der Waals surface area contributed by atoms with Crippen LogP contribution in [0.3, 0.4) is 0 Å². The van der Waals surface area contributed by atoms with Crippen molar-refractivity contribution in [2.45, 2.75) is 70.0 Å². The van der Waals surface area contributed by atoms with Crippen molar-refractivity contribution in [3.05, 3.63) is 29.3 Å². The molecule has 4 aliphatic rings. The average molecular weight is 400 g/mol. The SMILES string of the molecule is C[C@]12CCC3c4ccc(O)cc4CCC3C1CC(C(=O)NCC1CCCO1)[C@@H]2O. The van der Waals surface area contributed by atoms with Gasteiger partial charge in [0.15, 0.2) is 0 Å². The van der Waals surface area contributed by atoms with Crippen LogP contribution in [0.5, 0.6) is 5.75 Å². The number of hydrogen-bond donors (Lipinski definition) is 3. The third-order valence-electron chi connectivity index (χ3n) is 8.58. The minimum atomic E-state index is -0.570. The van der Waals surface area contributed by atoms with Crippen molar-refractivity contribution in [3.8, 4) is 5.75 Å². The number of carbonyl (C=O) groups excluding carboxylic acids is 1. The predicted octanol–water partition coefficient (Wildman–Crippen LogP) is 3.13. The molecule has 3 N–H and O–H groups in total. The van der Waals surface area contributed by atoms with Crippen LogP contribution >= 0.6 is 0 Å². The molecular weight excluding hydrogens is 366 g/mol. The van der Waals surface area contributed by atoms with Gasteiger partial charge in [0, 0.05) is 13.2 Å². The number of aromatic hydroxyl groups is 1. The summed E-state index contributed by atoms with van der Waals surface area (Å²) in [6.45, 7) is 3.56. The lowest BCUT2D eigenvalue weighted by molar-refractivity contribution is -0.130. The van der Waals surface area contributed by atoms with Crippen LogP contribution in [0.25, 0.3) is 0 Å². The highest BCUT2D eigenvalue weighted by molar-refractivity contribution is 5.80. The molecule has 5 nitrogen and oxygen atoms in total. The zero-order valence-corrected chi connectivity index (χ0v) is 17.3. The van der Waals surface area contributed by atoms with Crippen molar-refractivity contribution in [1.82, 2.24) is 5.32 Å². The van der Waals surface area contributed by atoms with Crippen molar-refractivity contribution >= 4 is 5.91 Å². The first kappa shape index (κ1) is 19.4. The fraction of sp³-hybridized carbons (Fsp3) is 0.708. The van der Waals surface area contributed by atoms with Crippen LogP contribution in [-0.2, 0) is 16.0 Å². The van der Waals surface area contributed by atoms with Gasteiger partial charge in [0.05, 0.1) is 18.1 Å². The molecule has 1 aromatic rings. The van der Waals surface area contributed by atoms with Gasteiger partial charge in [-0.3, -0.25) is 4.79 Å². The van der Waals surface area contributed by atoms with Gasteiger partial charge in [-0.15, -0.1) is 0 Å². The number of rotatable bonds is 3. The van der Waals surface area contributed by atoms with Crippen LogP contribution in [0.2, 0.25) is 0 Å². The normalized spacial score (nSPS) is 40.8. The van der Waals surface area contributed by atoms with Gasteiger partial charge in [-0.1, -0.05) is 13.0 Å². The molecule has 2 saturated carbocycles. The van der Waals surface area contributed by atoms with Gasteiger partial charge >= 0.3 is 0 Å². The maximum atomic E-state index is 12.9. The minimum absolute atomic E-state index is 0.00121. The molecule has 29 heavy (non-hydrogen) atoms. The number of fused-ring (bicyclic) bond motifs is 5. The van der Waals surface area contributed by atoms with Gasteiger partial charge in [-0.2, -0.15) is 0 Å². The predicted molar refractivity (Wildman–Crippen MR) is 110 cm³/mol. The first-order chi connectivity index (χ1) is 14.0. The highest BCUT2D eigenvalue weighted by Crippen LogP contribution is 2.62. The molecule has 3 aliphatic carbocycles. The molecule has 1 amide bonds. The standard InChI is InChI=1S/C24H33NO4/c1-24-9-8-18-17-7-5-15(26)11-14(17)4-6-19(18)21(24)12-20(22(24)27)23(28)25-13-16-3-2-10-29-16/h5,7,11,16,18-22,26-27H,2-4,6,8-10,12-13H2,1H3,(H,25,28)/t16?,18?,19?,20?,21?,22-,24-/m0/s1. The number of amides is 1. The van der Waals surface area contributed by atoms with Gasteiger partial charge < -0.3 is 20.3 Å². The number of phenols is 1. The van der Waals surface area contributed by atoms with E-state index in [-0.39, 0.29) is 23.3 Å². The van der Waals surface area contributed by atoms with Crippen LogP contribution in [0.4, 0.5) is 0 Å². The van der Waals surface area contributed by atoms with Crippen LogP contribution in [-0.4, -0.2) is 41.5 Å². The molecule has 5 unspecified atom stereocenters. The summed E-state index contributed by atoms with van der Waals surface area (Å²) in [5, 5.41) is 24.1. The molecule has 5 rings (SSSR count). The molecule has 0 radical (unpaired) electrons. The molecule has 0 spiro atoms. The quantitative estimate of drug-likeness (QED) is 0.730. The van der Waals surface area contributed by atoms with E-state index in [0.717, 1.165) is 51.6 Å². The number of aryl methyl sites for hydroxylation is 1. The van der Waals surface area contributed by atoms with Crippen LogP contribution < -0.4 is 5.32 Å². The monoisotopic (exact) mass is 399 g/mol. The summed E-state index contributed by atoms with van der Waals surface area (Å²) in [4.78, 5) is 12.9. The maximum absolute atomic E-state index is 12.9. The van der Waals surface area contributed by atoms with Crippen molar-refractivity contribution in [3.63, 3.8) is 0 Å². The molecule has 3 fully saturated rings. The van der Waals surface area contributed by atoms with Gasteiger partial charge in [0.1, 0.15) is 5.75 Å². The first-order valence-electron chi connectivity index (χ1n) is 11.4. The molecule has 0 bridgehead atoms. The highest BCUT2D eigenvalue weighted by Gasteiger charge is 2.59. The van der Waals surface area contributed by atoms with E-state index in [9.17, 15) is 15.0 Å². The van der Waals surface area contributed by atoms with Gasteiger partial charge in [-0.05, 0) is 91.4 Å². The lowest BCUT2D eigenvalue weighted by Gasteiger charge is -2.50. The Morgan fingerprint density at radius 1 is 1.31 bits per heavy atom. The average Bonchev–Trinajstić information content (AvgIpc) is 3.32.